The fraction of sp³-hybridized carbons (Fsp3) is 0.478. The number of ketones is 1. The van der Waals surface area contributed by atoms with Gasteiger partial charge in [-0.1, -0.05) is 45.0 Å². The van der Waals surface area contributed by atoms with E-state index in [1.165, 1.54) is 11.1 Å². The molecule has 5 heteroatoms. The van der Waals surface area contributed by atoms with E-state index in [-0.39, 0.29) is 23.1 Å². The molecule has 4 nitrogen and oxygen atoms in total. The van der Waals surface area contributed by atoms with E-state index in [2.05, 4.69) is 50.0 Å². The average molecular weight is 400 g/mol. The standard InChI is InChI=1S/C23H29NO3S/c1-14-20-18(24-21(14)22(26)27-10-11-28-5)12-16(13-19(20)25)15-6-8-17(9-7-15)23(2,3)4/h6-9,16,24H,10-13H2,1-5H3/t16-/m1/s1. The summed E-state index contributed by atoms with van der Waals surface area (Å²) in [5.74, 6) is 0.617. The number of fused-ring (bicyclic) bond motifs is 1. The Hall–Kier alpha value is -2.01. The third kappa shape index (κ3) is 4.19. The number of hydrogen-bond donors (Lipinski definition) is 1. The molecule has 0 unspecified atom stereocenters. The lowest BCUT2D eigenvalue weighted by Crippen LogP contribution is -2.19. The van der Waals surface area contributed by atoms with Gasteiger partial charge >= 0.3 is 5.97 Å². The number of benzene rings is 1. The van der Waals surface area contributed by atoms with Crippen molar-refractivity contribution in [2.45, 2.75) is 51.9 Å². The highest BCUT2D eigenvalue weighted by molar-refractivity contribution is 7.98. The predicted molar refractivity (Wildman–Crippen MR) is 115 cm³/mol. The fourth-order valence-corrected chi connectivity index (χ4v) is 4.07. The molecule has 0 spiro atoms. The van der Waals surface area contributed by atoms with E-state index in [4.69, 9.17) is 4.74 Å². The number of H-pyrrole nitrogens is 1. The van der Waals surface area contributed by atoms with Crippen molar-refractivity contribution >= 4 is 23.5 Å². The van der Waals surface area contributed by atoms with Gasteiger partial charge in [0.2, 0.25) is 0 Å². The van der Waals surface area contributed by atoms with E-state index in [0.29, 0.717) is 24.3 Å². The fourth-order valence-electron chi connectivity index (χ4n) is 3.82. The molecule has 1 aliphatic carbocycles. The summed E-state index contributed by atoms with van der Waals surface area (Å²) in [5.41, 5.74) is 5.23. The Morgan fingerprint density at radius 1 is 1.21 bits per heavy atom. The Kier molecular flexibility index (Phi) is 6.04. The molecule has 0 bridgehead atoms. The molecule has 1 aliphatic rings. The van der Waals surface area contributed by atoms with E-state index in [9.17, 15) is 9.59 Å². The second kappa shape index (κ2) is 8.16. The van der Waals surface area contributed by atoms with Crippen molar-refractivity contribution in [3.8, 4) is 0 Å². The van der Waals surface area contributed by atoms with Gasteiger partial charge in [0.1, 0.15) is 12.3 Å². The lowest BCUT2D eigenvalue weighted by Gasteiger charge is -2.24. The Bertz CT molecular complexity index is 874. The summed E-state index contributed by atoms with van der Waals surface area (Å²) in [7, 11) is 0. The number of nitrogens with one attached hydrogen (secondary N) is 1. The molecule has 0 radical (unpaired) electrons. The number of Topliss-reactive ketones (excluding diaryl/α,β-unsaturated/α-hetero) is 1. The molecular weight excluding hydrogens is 370 g/mol. The minimum atomic E-state index is -0.375. The zero-order valence-corrected chi connectivity index (χ0v) is 18.2. The van der Waals surface area contributed by atoms with Crippen LogP contribution >= 0.6 is 11.8 Å². The summed E-state index contributed by atoms with van der Waals surface area (Å²) in [4.78, 5) is 28.4. The first-order chi connectivity index (χ1) is 13.2. The van der Waals surface area contributed by atoms with Crippen LogP contribution in [0.3, 0.4) is 0 Å². The quantitative estimate of drug-likeness (QED) is 0.564. The summed E-state index contributed by atoms with van der Waals surface area (Å²) < 4.78 is 5.32. The molecular formula is C23H29NO3S. The molecule has 1 N–H and O–H groups in total. The largest absolute Gasteiger partial charge is 0.460 e. The molecule has 0 aliphatic heterocycles. The van der Waals surface area contributed by atoms with Gasteiger partial charge in [-0.25, -0.2) is 4.79 Å². The van der Waals surface area contributed by atoms with Gasteiger partial charge in [-0.15, -0.1) is 0 Å². The Balaban J connectivity index is 1.82. The summed E-state index contributed by atoms with van der Waals surface area (Å²) in [6, 6.07) is 8.58. The summed E-state index contributed by atoms with van der Waals surface area (Å²) in [6.07, 6.45) is 3.18. The molecule has 0 fully saturated rings. The van der Waals surface area contributed by atoms with Crippen molar-refractivity contribution in [2.75, 3.05) is 18.6 Å². The lowest BCUT2D eigenvalue weighted by molar-refractivity contribution is 0.0523. The maximum Gasteiger partial charge on any atom is 0.355 e. The van der Waals surface area contributed by atoms with E-state index >= 15 is 0 Å². The second-order valence-corrected chi connectivity index (χ2v) is 9.49. The Morgan fingerprint density at radius 2 is 1.89 bits per heavy atom. The van der Waals surface area contributed by atoms with Gasteiger partial charge in [0.25, 0.3) is 0 Å². The number of aromatic amines is 1. The third-order valence-electron chi connectivity index (χ3n) is 5.46. The number of esters is 1. The zero-order chi connectivity index (χ0) is 20.5. The zero-order valence-electron chi connectivity index (χ0n) is 17.3. The van der Waals surface area contributed by atoms with Gasteiger partial charge < -0.3 is 9.72 Å². The first-order valence-corrected chi connectivity index (χ1v) is 11.1. The Morgan fingerprint density at radius 3 is 2.50 bits per heavy atom. The number of carbonyl (C=O) groups is 2. The first kappa shape index (κ1) is 20.7. The number of aromatic nitrogens is 1. The Labute approximate surface area is 171 Å². The molecule has 0 amide bonds. The molecule has 1 aromatic heterocycles. The van der Waals surface area contributed by atoms with Crippen molar-refractivity contribution in [1.29, 1.82) is 0 Å². The van der Waals surface area contributed by atoms with Crippen LogP contribution in [0.25, 0.3) is 0 Å². The number of rotatable bonds is 5. The number of thioether (sulfide) groups is 1. The van der Waals surface area contributed by atoms with E-state index < -0.39 is 0 Å². The SMILES string of the molecule is CSCCOC(=O)c1[nH]c2c(c1C)C(=O)C[C@H](c1ccc(C(C)(C)C)cc1)C2. The van der Waals surface area contributed by atoms with Crippen LogP contribution < -0.4 is 0 Å². The van der Waals surface area contributed by atoms with E-state index in [1.54, 1.807) is 11.8 Å². The van der Waals surface area contributed by atoms with Crippen LogP contribution in [0.2, 0.25) is 0 Å². The minimum Gasteiger partial charge on any atom is -0.460 e. The number of hydrogen-bond acceptors (Lipinski definition) is 4. The maximum absolute atomic E-state index is 12.8. The molecule has 150 valence electrons. The van der Waals surface area contributed by atoms with Gasteiger partial charge in [-0.3, -0.25) is 4.79 Å². The summed E-state index contributed by atoms with van der Waals surface area (Å²) in [6.45, 7) is 8.79. The van der Waals surface area contributed by atoms with E-state index in [1.807, 2.05) is 13.2 Å². The van der Waals surface area contributed by atoms with Gasteiger partial charge in [0.15, 0.2) is 5.78 Å². The highest BCUT2D eigenvalue weighted by atomic mass is 32.2. The average Bonchev–Trinajstić information content (AvgIpc) is 2.98. The topological polar surface area (TPSA) is 59.2 Å². The third-order valence-corrected chi connectivity index (χ3v) is 6.04. The van der Waals surface area contributed by atoms with Crippen LogP contribution in [0, 0.1) is 6.92 Å². The van der Waals surface area contributed by atoms with Crippen LogP contribution in [0.5, 0.6) is 0 Å². The molecule has 1 atom stereocenters. The van der Waals surface area contributed by atoms with Crippen molar-refractivity contribution < 1.29 is 14.3 Å². The van der Waals surface area contributed by atoms with Gasteiger partial charge in [-0.05, 0) is 47.6 Å². The van der Waals surface area contributed by atoms with Crippen LogP contribution in [0.1, 0.15) is 76.3 Å². The van der Waals surface area contributed by atoms with Crippen molar-refractivity contribution in [3.05, 3.63) is 57.9 Å². The molecule has 1 aromatic carbocycles. The monoisotopic (exact) mass is 399 g/mol. The van der Waals surface area contributed by atoms with Crippen LogP contribution in [-0.4, -0.2) is 35.4 Å². The van der Waals surface area contributed by atoms with E-state index in [0.717, 1.165) is 23.4 Å². The van der Waals surface area contributed by atoms with Crippen molar-refractivity contribution in [1.82, 2.24) is 4.98 Å². The molecule has 1 heterocycles. The van der Waals surface area contributed by atoms with Crippen LogP contribution in [-0.2, 0) is 16.6 Å². The van der Waals surface area contributed by atoms with Crippen molar-refractivity contribution in [3.63, 3.8) is 0 Å². The normalized spacial score (nSPS) is 16.8. The predicted octanol–water partition coefficient (Wildman–Crippen LogP) is 5.05. The molecule has 0 saturated carbocycles. The molecule has 0 saturated heterocycles. The maximum atomic E-state index is 12.8. The highest BCUT2D eigenvalue weighted by Crippen LogP contribution is 2.36. The summed E-state index contributed by atoms with van der Waals surface area (Å²) in [5, 5.41) is 0. The molecule has 3 rings (SSSR count). The van der Waals surface area contributed by atoms with Gasteiger partial charge in [0, 0.05) is 23.4 Å². The smallest absolute Gasteiger partial charge is 0.355 e. The second-order valence-electron chi connectivity index (χ2n) is 8.51. The molecule has 2 aromatic rings. The van der Waals surface area contributed by atoms with Gasteiger partial charge in [0.05, 0.1) is 0 Å². The first-order valence-electron chi connectivity index (χ1n) is 9.73. The lowest BCUT2D eigenvalue weighted by atomic mass is 9.80. The van der Waals surface area contributed by atoms with Crippen LogP contribution in [0.15, 0.2) is 24.3 Å². The highest BCUT2D eigenvalue weighted by Gasteiger charge is 2.32. The molecule has 28 heavy (non-hydrogen) atoms. The van der Waals surface area contributed by atoms with Crippen molar-refractivity contribution in [2.24, 2.45) is 0 Å². The summed E-state index contributed by atoms with van der Waals surface area (Å²) >= 11 is 1.63. The number of carbonyl (C=O) groups excluding carboxylic acids is 2. The van der Waals surface area contributed by atoms with Crippen LogP contribution in [0.4, 0.5) is 0 Å². The number of ether oxygens (including phenoxy) is 1. The van der Waals surface area contributed by atoms with Gasteiger partial charge in [-0.2, -0.15) is 11.8 Å². The minimum absolute atomic E-state index is 0.100.